The number of halogens is 1. The molecule has 23 heavy (non-hydrogen) atoms. The first kappa shape index (κ1) is 15.8. The Hall–Kier alpha value is -2.07. The Morgan fingerprint density at radius 2 is 1.70 bits per heavy atom. The predicted octanol–water partition coefficient (Wildman–Crippen LogP) is 2.83. The van der Waals surface area contributed by atoms with Gasteiger partial charge in [-0.15, -0.1) is 0 Å². The van der Waals surface area contributed by atoms with Crippen LogP contribution in [0.25, 0.3) is 0 Å². The Labute approximate surface area is 136 Å². The van der Waals surface area contributed by atoms with Gasteiger partial charge in [0.1, 0.15) is 11.9 Å². The Morgan fingerprint density at radius 3 is 2.35 bits per heavy atom. The average molecular weight is 316 g/mol. The highest BCUT2D eigenvalue weighted by Gasteiger charge is 2.27. The summed E-state index contributed by atoms with van der Waals surface area (Å²) in [7, 11) is 0. The minimum absolute atomic E-state index is 0.175. The summed E-state index contributed by atoms with van der Waals surface area (Å²) in [5, 5.41) is 2.30. The minimum Gasteiger partial charge on any atom is -0.490 e. The van der Waals surface area contributed by atoms with Crippen molar-refractivity contribution >= 4 is 0 Å². The smallest absolute Gasteiger partial charge is 0.161 e. The molecule has 0 saturated carbocycles. The van der Waals surface area contributed by atoms with Crippen LogP contribution < -0.4 is 14.8 Å². The Kier molecular flexibility index (Phi) is 4.82. The van der Waals surface area contributed by atoms with Crippen LogP contribution in [0.2, 0.25) is 0 Å². The molecule has 4 heteroatoms. The molecule has 0 bridgehead atoms. The molecule has 0 saturated heterocycles. The first-order chi connectivity index (χ1) is 11.2. The van der Waals surface area contributed by atoms with E-state index in [1.807, 2.05) is 26.0 Å². The van der Waals surface area contributed by atoms with Crippen LogP contribution in [-0.4, -0.2) is 19.8 Å². The number of hydrogen-bond acceptors (Lipinski definition) is 2. The second kappa shape index (κ2) is 7.01. The van der Waals surface area contributed by atoms with Gasteiger partial charge in [0.15, 0.2) is 11.5 Å². The quantitative estimate of drug-likeness (QED) is 0.920. The number of quaternary nitrogens is 1. The molecular weight excluding hydrogens is 293 g/mol. The van der Waals surface area contributed by atoms with Crippen molar-refractivity contribution in [2.45, 2.75) is 26.3 Å². The highest BCUT2D eigenvalue weighted by molar-refractivity contribution is 5.50. The molecule has 1 aliphatic rings. The van der Waals surface area contributed by atoms with Crippen molar-refractivity contribution in [2.75, 3.05) is 19.8 Å². The monoisotopic (exact) mass is 316 g/mol. The summed E-state index contributed by atoms with van der Waals surface area (Å²) in [6, 6.07) is 11.1. The van der Waals surface area contributed by atoms with Gasteiger partial charge in [0.2, 0.25) is 0 Å². The van der Waals surface area contributed by atoms with Crippen molar-refractivity contribution in [2.24, 2.45) is 0 Å². The maximum atomic E-state index is 13.2. The summed E-state index contributed by atoms with van der Waals surface area (Å²) in [6.07, 6.45) is 1.000. The second-order valence-corrected chi connectivity index (χ2v) is 5.67. The summed E-state index contributed by atoms with van der Waals surface area (Å²) < 4.78 is 24.7. The second-order valence-electron chi connectivity index (χ2n) is 5.67. The van der Waals surface area contributed by atoms with Crippen LogP contribution in [-0.2, 0) is 6.42 Å². The predicted molar refractivity (Wildman–Crippen MR) is 87.5 cm³/mol. The van der Waals surface area contributed by atoms with E-state index in [0.29, 0.717) is 13.2 Å². The lowest BCUT2D eigenvalue weighted by Gasteiger charge is -2.26. The molecule has 0 unspecified atom stereocenters. The fourth-order valence-corrected chi connectivity index (χ4v) is 3.18. The standard InChI is InChI=1S/C19H22FNO2/c1-3-22-17-11-14-9-10-21-19(13-5-7-15(20)8-6-13)16(14)12-18(17)23-4-2/h5-8,11-12,19,21H,3-4,9-10H2,1-2H3/p+1/t19-/m1/s1. The lowest BCUT2D eigenvalue weighted by Crippen LogP contribution is -2.87. The van der Waals surface area contributed by atoms with Crippen molar-refractivity contribution in [3.8, 4) is 11.5 Å². The van der Waals surface area contributed by atoms with E-state index < -0.39 is 0 Å². The fourth-order valence-electron chi connectivity index (χ4n) is 3.18. The number of nitrogens with two attached hydrogens (primary N) is 1. The van der Waals surface area contributed by atoms with Crippen molar-refractivity contribution in [1.29, 1.82) is 0 Å². The molecule has 0 spiro atoms. The summed E-state index contributed by atoms with van der Waals surface area (Å²) in [6.45, 7) is 6.17. The molecule has 122 valence electrons. The molecular formula is C19H23FNO2+. The van der Waals surface area contributed by atoms with Gasteiger partial charge in [0.05, 0.1) is 19.8 Å². The molecule has 0 radical (unpaired) electrons. The largest absolute Gasteiger partial charge is 0.490 e. The Morgan fingerprint density at radius 1 is 1.04 bits per heavy atom. The first-order valence-electron chi connectivity index (χ1n) is 8.24. The number of fused-ring (bicyclic) bond motifs is 1. The molecule has 0 aromatic heterocycles. The van der Waals surface area contributed by atoms with Gasteiger partial charge in [-0.25, -0.2) is 4.39 Å². The van der Waals surface area contributed by atoms with E-state index in [1.165, 1.54) is 23.3 Å². The van der Waals surface area contributed by atoms with Crippen LogP contribution in [0.15, 0.2) is 36.4 Å². The molecule has 2 N–H and O–H groups in total. The van der Waals surface area contributed by atoms with E-state index in [-0.39, 0.29) is 11.9 Å². The van der Waals surface area contributed by atoms with Crippen LogP contribution in [0.3, 0.4) is 0 Å². The van der Waals surface area contributed by atoms with Gasteiger partial charge in [0, 0.05) is 17.5 Å². The lowest BCUT2D eigenvalue weighted by atomic mass is 9.89. The van der Waals surface area contributed by atoms with Crippen molar-refractivity contribution in [1.82, 2.24) is 0 Å². The van der Waals surface area contributed by atoms with E-state index in [1.54, 1.807) is 0 Å². The topological polar surface area (TPSA) is 35.1 Å². The number of rotatable bonds is 5. The van der Waals surface area contributed by atoms with Gasteiger partial charge < -0.3 is 14.8 Å². The third-order valence-electron chi connectivity index (χ3n) is 4.19. The van der Waals surface area contributed by atoms with Gasteiger partial charge in [-0.3, -0.25) is 0 Å². The molecule has 2 aromatic carbocycles. The summed E-state index contributed by atoms with van der Waals surface area (Å²) >= 11 is 0. The minimum atomic E-state index is -0.202. The zero-order valence-electron chi connectivity index (χ0n) is 13.6. The number of ether oxygens (including phenoxy) is 2. The summed E-state index contributed by atoms with van der Waals surface area (Å²) in [5.74, 6) is 1.40. The zero-order valence-corrected chi connectivity index (χ0v) is 13.6. The number of hydrogen-bond donors (Lipinski definition) is 1. The summed E-state index contributed by atoms with van der Waals surface area (Å²) in [5.41, 5.74) is 3.63. The van der Waals surface area contributed by atoms with Crippen LogP contribution in [0, 0.1) is 5.82 Å². The van der Waals surface area contributed by atoms with Crippen LogP contribution >= 0.6 is 0 Å². The van der Waals surface area contributed by atoms with Gasteiger partial charge in [-0.05, 0) is 55.8 Å². The highest BCUT2D eigenvalue weighted by atomic mass is 19.1. The van der Waals surface area contributed by atoms with Gasteiger partial charge in [-0.2, -0.15) is 0 Å². The van der Waals surface area contributed by atoms with E-state index in [0.717, 1.165) is 30.0 Å². The van der Waals surface area contributed by atoms with Crippen LogP contribution in [0.5, 0.6) is 11.5 Å². The lowest BCUT2D eigenvalue weighted by molar-refractivity contribution is -0.690. The van der Waals surface area contributed by atoms with Gasteiger partial charge >= 0.3 is 0 Å². The van der Waals surface area contributed by atoms with Crippen LogP contribution in [0.1, 0.15) is 36.6 Å². The molecule has 1 heterocycles. The third kappa shape index (κ3) is 3.32. The molecule has 0 amide bonds. The number of benzene rings is 2. The van der Waals surface area contributed by atoms with E-state index >= 15 is 0 Å². The molecule has 0 aliphatic carbocycles. The average Bonchev–Trinajstić information content (AvgIpc) is 2.56. The van der Waals surface area contributed by atoms with Crippen molar-refractivity contribution in [3.05, 3.63) is 58.9 Å². The first-order valence-corrected chi connectivity index (χ1v) is 8.24. The molecule has 2 aromatic rings. The van der Waals surface area contributed by atoms with E-state index in [4.69, 9.17) is 9.47 Å². The maximum Gasteiger partial charge on any atom is 0.161 e. The van der Waals surface area contributed by atoms with Gasteiger partial charge in [0.25, 0.3) is 0 Å². The highest BCUT2D eigenvalue weighted by Crippen LogP contribution is 2.36. The van der Waals surface area contributed by atoms with E-state index in [9.17, 15) is 4.39 Å². The molecule has 3 rings (SSSR count). The van der Waals surface area contributed by atoms with Gasteiger partial charge in [-0.1, -0.05) is 0 Å². The normalized spacial score (nSPS) is 16.7. The molecule has 1 aliphatic heterocycles. The molecule has 0 fully saturated rings. The maximum absolute atomic E-state index is 13.2. The molecule has 1 atom stereocenters. The fraction of sp³-hybridized carbons (Fsp3) is 0.368. The Bertz CT molecular complexity index is 670. The Balaban J connectivity index is 2.02. The summed E-state index contributed by atoms with van der Waals surface area (Å²) in [4.78, 5) is 0. The van der Waals surface area contributed by atoms with Crippen LogP contribution in [0.4, 0.5) is 4.39 Å². The SMILES string of the molecule is CCOc1cc2c(cc1OCC)[C@@H](c1ccc(F)cc1)[NH2+]CC2. The zero-order chi connectivity index (χ0) is 16.2. The van der Waals surface area contributed by atoms with Crippen molar-refractivity contribution < 1.29 is 19.2 Å². The third-order valence-corrected chi connectivity index (χ3v) is 4.19. The van der Waals surface area contributed by atoms with Crippen molar-refractivity contribution in [3.63, 3.8) is 0 Å². The van der Waals surface area contributed by atoms with E-state index in [2.05, 4.69) is 17.4 Å². The molecule has 3 nitrogen and oxygen atoms in total.